The normalized spacial score (nSPS) is 17.9. The van der Waals surface area contributed by atoms with Gasteiger partial charge in [-0.15, -0.1) is 0 Å². The fourth-order valence-corrected chi connectivity index (χ4v) is 5.60. The van der Waals surface area contributed by atoms with E-state index in [1.165, 1.54) is 7.11 Å². The van der Waals surface area contributed by atoms with Crippen molar-refractivity contribution < 1.29 is 23.5 Å². The third-order valence-corrected chi connectivity index (χ3v) is 7.64. The first-order chi connectivity index (χ1) is 19.5. The van der Waals surface area contributed by atoms with Crippen molar-refractivity contribution in [1.82, 2.24) is 19.6 Å². The van der Waals surface area contributed by atoms with E-state index >= 15 is 0 Å². The van der Waals surface area contributed by atoms with Gasteiger partial charge in [0, 0.05) is 71.0 Å². The van der Waals surface area contributed by atoms with E-state index in [-0.39, 0.29) is 18.4 Å². The van der Waals surface area contributed by atoms with Crippen molar-refractivity contribution in [2.45, 2.75) is 45.3 Å². The summed E-state index contributed by atoms with van der Waals surface area (Å²) in [5.74, 6) is 0.717. The Morgan fingerprint density at radius 3 is 2.65 bits per heavy atom. The van der Waals surface area contributed by atoms with Crippen LogP contribution in [0.3, 0.4) is 0 Å². The van der Waals surface area contributed by atoms with Crippen LogP contribution in [0.2, 0.25) is 0 Å². The highest BCUT2D eigenvalue weighted by molar-refractivity contribution is 5.95. The molecule has 10 heteroatoms. The number of amides is 2. The van der Waals surface area contributed by atoms with Crippen molar-refractivity contribution in [3.8, 4) is 0 Å². The summed E-state index contributed by atoms with van der Waals surface area (Å²) in [5, 5.41) is 4.32. The van der Waals surface area contributed by atoms with Gasteiger partial charge >= 0.3 is 0 Å². The smallest absolute Gasteiger partial charge is 0.289 e. The second-order valence-corrected chi connectivity index (χ2v) is 10.5. The second-order valence-electron chi connectivity index (χ2n) is 10.5. The first kappa shape index (κ1) is 28.1. The summed E-state index contributed by atoms with van der Waals surface area (Å²) in [7, 11) is 1.54. The number of hydrogen-bond acceptors (Lipinski definition) is 7. The molecular weight excluding hydrogens is 510 g/mol. The predicted molar refractivity (Wildman–Crippen MR) is 150 cm³/mol. The van der Waals surface area contributed by atoms with Crippen LogP contribution in [0, 0.1) is 6.92 Å². The topological polar surface area (TPSA) is 93.3 Å². The van der Waals surface area contributed by atoms with Crippen LogP contribution in [0.15, 0.2) is 53.2 Å². The van der Waals surface area contributed by atoms with Crippen LogP contribution in [-0.2, 0) is 27.4 Å². The molecule has 0 saturated carbocycles. The van der Waals surface area contributed by atoms with Gasteiger partial charge in [0.2, 0.25) is 0 Å². The molecule has 4 heterocycles. The Labute approximate surface area is 235 Å². The number of anilines is 1. The number of nitrogens with zero attached hydrogens (tertiary/aromatic N) is 5. The maximum absolute atomic E-state index is 13.9. The van der Waals surface area contributed by atoms with Gasteiger partial charge in [0.15, 0.2) is 5.76 Å². The molecule has 10 nitrogen and oxygen atoms in total. The van der Waals surface area contributed by atoms with Crippen LogP contribution in [0.25, 0.3) is 0 Å². The molecule has 2 aliphatic rings. The van der Waals surface area contributed by atoms with Gasteiger partial charge in [-0.05, 0) is 55.5 Å². The fourth-order valence-electron chi connectivity index (χ4n) is 5.60. The summed E-state index contributed by atoms with van der Waals surface area (Å²) in [6.45, 7) is 7.01. The third-order valence-electron chi connectivity index (χ3n) is 7.64. The number of carbonyl (C=O) groups excluding carboxylic acids is 2. The molecule has 0 bridgehead atoms. The molecule has 1 fully saturated rings. The minimum absolute atomic E-state index is 0.00556. The van der Waals surface area contributed by atoms with Crippen LogP contribution in [0.5, 0.6) is 0 Å². The van der Waals surface area contributed by atoms with Gasteiger partial charge in [-0.2, -0.15) is 5.10 Å². The molecule has 3 aromatic rings. The fraction of sp³-hybridized carbons (Fsp3) is 0.500. The van der Waals surface area contributed by atoms with E-state index in [4.69, 9.17) is 13.9 Å². The van der Waals surface area contributed by atoms with Crippen LogP contribution >= 0.6 is 0 Å². The Kier molecular flexibility index (Phi) is 9.30. The third kappa shape index (κ3) is 6.80. The van der Waals surface area contributed by atoms with Crippen LogP contribution in [0.1, 0.15) is 46.7 Å². The average Bonchev–Trinajstić information content (AvgIpc) is 3.60. The van der Waals surface area contributed by atoms with Gasteiger partial charge in [-0.25, -0.2) is 0 Å². The van der Waals surface area contributed by atoms with E-state index in [0.29, 0.717) is 43.7 Å². The van der Waals surface area contributed by atoms with Crippen molar-refractivity contribution in [1.29, 1.82) is 0 Å². The first-order valence-electron chi connectivity index (χ1n) is 14.1. The maximum atomic E-state index is 13.9. The number of aryl methyl sites for hydroxylation is 1. The van der Waals surface area contributed by atoms with E-state index in [9.17, 15) is 9.59 Å². The number of furan rings is 1. The van der Waals surface area contributed by atoms with Gasteiger partial charge in [0.05, 0.1) is 12.7 Å². The Morgan fingerprint density at radius 2 is 1.88 bits per heavy atom. The van der Waals surface area contributed by atoms with E-state index < -0.39 is 0 Å². The maximum Gasteiger partial charge on any atom is 0.289 e. The number of fused-ring (bicyclic) bond motifs is 1. The number of carbonyl (C=O) groups is 2. The second kappa shape index (κ2) is 13.3. The SMILES string of the molecule is COCC(=O)N1CCCN(C2CCOCC2)CCN(C(=O)c2ccc(Cn3cc(C)cn3)o2)Cc2ccccc21. The number of benzene rings is 1. The highest BCUT2D eigenvalue weighted by Gasteiger charge is 2.28. The van der Waals surface area contributed by atoms with Gasteiger partial charge in [0.1, 0.15) is 12.4 Å². The predicted octanol–water partition coefficient (Wildman–Crippen LogP) is 3.34. The first-order valence-corrected chi connectivity index (χ1v) is 14.1. The Hall–Kier alpha value is -3.47. The van der Waals surface area contributed by atoms with E-state index in [2.05, 4.69) is 10.00 Å². The summed E-state index contributed by atoms with van der Waals surface area (Å²) in [5.41, 5.74) is 2.80. The number of aromatic nitrogens is 2. The van der Waals surface area contributed by atoms with E-state index in [1.807, 2.05) is 53.3 Å². The molecule has 0 aliphatic carbocycles. The molecule has 1 aromatic carbocycles. The number of ether oxygens (including phenoxy) is 2. The molecule has 1 saturated heterocycles. The Balaban J connectivity index is 1.42. The number of methoxy groups -OCH3 is 1. The lowest BCUT2D eigenvalue weighted by Gasteiger charge is -2.35. The molecule has 2 aromatic heterocycles. The zero-order valence-corrected chi connectivity index (χ0v) is 23.5. The van der Waals surface area contributed by atoms with Crippen molar-refractivity contribution in [3.05, 3.63) is 71.4 Å². The van der Waals surface area contributed by atoms with Gasteiger partial charge < -0.3 is 23.7 Å². The molecule has 0 spiro atoms. The molecule has 2 amide bonds. The lowest BCUT2D eigenvalue weighted by molar-refractivity contribution is -0.122. The van der Waals surface area contributed by atoms with Crippen molar-refractivity contribution in [2.75, 3.05) is 58.0 Å². The summed E-state index contributed by atoms with van der Waals surface area (Å²) in [4.78, 5) is 33.2. The summed E-state index contributed by atoms with van der Waals surface area (Å²) < 4.78 is 18.6. The zero-order valence-electron chi connectivity index (χ0n) is 23.5. The molecule has 214 valence electrons. The molecule has 0 N–H and O–H groups in total. The van der Waals surface area contributed by atoms with Crippen molar-refractivity contribution in [3.63, 3.8) is 0 Å². The van der Waals surface area contributed by atoms with Crippen LogP contribution < -0.4 is 4.90 Å². The minimum atomic E-state index is -0.168. The molecule has 0 radical (unpaired) electrons. The zero-order chi connectivity index (χ0) is 27.9. The summed E-state index contributed by atoms with van der Waals surface area (Å²) in [6, 6.07) is 11.8. The monoisotopic (exact) mass is 549 g/mol. The summed E-state index contributed by atoms with van der Waals surface area (Å²) >= 11 is 0. The average molecular weight is 550 g/mol. The van der Waals surface area contributed by atoms with Crippen LogP contribution in [-0.4, -0.2) is 90.5 Å². The summed E-state index contributed by atoms with van der Waals surface area (Å²) in [6.07, 6.45) is 6.50. The van der Waals surface area contributed by atoms with E-state index in [0.717, 1.165) is 62.4 Å². The van der Waals surface area contributed by atoms with Gasteiger partial charge in [-0.1, -0.05) is 18.2 Å². The van der Waals surface area contributed by atoms with E-state index in [1.54, 1.807) is 16.9 Å². The van der Waals surface area contributed by atoms with Crippen molar-refractivity contribution in [2.24, 2.45) is 0 Å². The molecule has 2 aliphatic heterocycles. The Bertz CT molecular complexity index is 1280. The standard InChI is InChI=1S/C30H39N5O5/c1-23-18-31-34(19-23)21-26-8-9-28(40-26)30(37)33-15-14-32(25-10-16-39-17-11-25)12-5-13-35(29(36)22-38-2)27-7-4-3-6-24(27)20-33/h3-4,6-9,18-19,25H,5,10-17,20-22H2,1-2H3. The Morgan fingerprint density at radius 1 is 1.05 bits per heavy atom. The van der Waals surface area contributed by atoms with Gasteiger partial charge in [0.25, 0.3) is 11.8 Å². The quantitative estimate of drug-likeness (QED) is 0.466. The molecule has 0 atom stereocenters. The highest BCUT2D eigenvalue weighted by Crippen LogP contribution is 2.26. The number of hydrogen-bond donors (Lipinski definition) is 0. The van der Waals surface area contributed by atoms with Crippen molar-refractivity contribution >= 4 is 17.5 Å². The number of para-hydroxylation sites is 1. The molecule has 5 rings (SSSR count). The molecule has 40 heavy (non-hydrogen) atoms. The lowest BCUT2D eigenvalue weighted by atomic mass is 10.1. The number of rotatable bonds is 6. The largest absolute Gasteiger partial charge is 0.454 e. The molecule has 0 unspecified atom stereocenters. The lowest BCUT2D eigenvalue weighted by Crippen LogP contribution is -2.45. The van der Waals surface area contributed by atoms with Crippen LogP contribution in [0.4, 0.5) is 5.69 Å². The van der Waals surface area contributed by atoms with Gasteiger partial charge in [-0.3, -0.25) is 19.2 Å². The highest BCUT2D eigenvalue weighted by atomic mass is 16.5. The minimum Gasteiger partial charge on any atom is -0.454 e. The molecular formula is C30H39N5O5.